The highest BCUT2D eigenvalue weighted by molar-refractivity contribution is 5.93. The third-order valence-electron chi connectivity index (χ3n) is 4.95. The van der Waals surface area contributed by atoms with Crippen molar-refractivity contribution >= 4 is 17.5 Å². The Bertz CT molecular complexity index is 956. The van der Waals surface area contributed by atoms with Gasteiger partial charge in [-0.3, -0.25) is 4.79 Å². The molecule has 1 aliphatic rings. The zero-order valence-corrected chi connectivity index (χ0v) is 16.0. The van der Waals surface area contributed by atoms with Crippen LogP contribution in [-0.2, 0) is 6.54 Å². The molecule has 0 spiro atoms. The number of para-hydroxylation sites is 1. The summed E-state index contributed by atoms with van der Waals surface area (Å²) in [6.45, 7) is 3.20. The van der Waals surface area contributed by atoms with Gasteiger partial charge in [0.25, 0.3) is 5.91 Å². The van der Waals surface area contributed by atoms with Gasteiger partial charge in [-0.15, -0.1) is 0 Å². The van der Waals surface area contributed by atoms with E-state index in [9.17, 15) is 9.18 Å². The van der Waals surface area contributed by atoms with Crippen molar-refractivity contribution in [2.45, 2.75) is 6.54 Å². The van der Waals surface area contributed by atoms with Crippen LogP contribution in [0.3, 0.4) is 0 Å². The fourth-order valence-corrected chi connectivity index (χ4v) is 3.34. The normalized spacial score (nSPS) is 14.0. The average Bonchev–Trinajstić information content (AvgIpc) is 2.79. The number of aromatic nitrogens is 2. The Morgan fingerprint density at radius 3 is 2.21 bits per heavy atom. The zero-order chi connectivity index (χ0) is 20.1. The number of amides is 1. The molecule has 29 heavy (non-hydrogen) atoms. The molecule has 1 saturated heterocycles. The SMILES string of the molecule is O=C(NCc1ccccc1)c1cnc(N2CCN(c3ccccc3F)CC2)nc1. The maximum Gasteiger partial charge on any atom is 0.254 e. The molecule has 2 aromatic carbocycles. The van der Waals surface area contributed by atoms with Crippen LogP contribution in [0.1, 0.15) is 15.9 Å². The van der Waals surface area contributed by atoms with E-state index in [4.69, 9.17) is 0 Å². The van der Waals surface area contributed by atoms with E-state index < -0.39 is 0 Å². The number of hydrogen-bond donors (Lipinski definition) is 1. The lowest BCUT2D eigenvalue weighted by Crippen LogP contribution is -2.47. The van der Waals surface area contributed by atoms with Crippen LogP contribution in [0.4, 0.5) is 16.0 Å². The maximum atomic E-state index is 14.0. The van der Waals surface area contributed by atoms with Crippen molar-refractivity contribution in [3.63, 3.8) is 0 Å². The lowest BCUT2D eigenvalue weighted by Gasteiger charge is -2.36. The van der Waals surface area contributed by atoms with Gasteiger partial charge in [0.05, 0.1) is 11.3 Å². The van der Waals surface area contributed by atoms with Gasteiger partial charge in [0.2, 0.25) is 5.95 Å². The van der Waals surface area contributed by atoms with E-state index in [1.807, 2.05) is 46.2 Å². The summed E-state index contributed by atoms with van der Waals surface area (Å²) in [7, 11) is 0. The van der Waals surface area contributed by atoms with Gasteiger partial charge < -0.3 is 15.1 Å². The van der Waals surface area contributed by atoms with E-state index in [1.165, 1.54) is 6.07 Å². The lowest BCUT2D eigenvalue weighted by molar-refractivity contribution is 0.0950. The predicted octanol–water partition coefficient (Wildman–Crippen LogP) is 2.87. The summed E-state index contributed by atoms with van der Waals surface area (Å²) < 4.78 is 14.0. The van der Waals surface area contributed by atoms with Crippen molar-refractivity contribution in [2.24, 2.45) is 0 Å². The summed E-state index contributed by atoms with van der Waals surface area (Å²) in [5, 5.41) is 2.87. The molecule has 0 bridgehead atoms. The van der Waals surface area contributed by atoms with Gasteiger partial charge in [0.1, 0.15) is 5.82 Å². The molecule has 4 rings (SSSR count). The van der Waals surface area contributed by atoms with Gasteiger partial charge in [-0.05, 0) is 17.7 Å². The second kappa shape index (κ2) is 8.68. The van der Waals surface area contributed by atoms with Crippen LogP contribution in [0.15, 0.2) is 67.0 Å². The van der Waals surface area contributed by atoms with Gasteiger partial charge in [-0.1, -0.05) is 42.5 Å². The molecule has 0 aliphatic carbocycles. The molecule has 148 valence electrons. The van der Waals surface area contributed by atoms with E-state index >= 15 is 0 Å². The number of rotatable bonds is 5. The average molecular weight is 391 g/mol. The van der Waals surface area contributed by atoms with Gasteiger partial charge in [-0.25, -0.2) is 14.4 Å². The number of piperazine rings is 1. The van der Waals surface area contributed by atoms with Crippen LogP contribution in [0.25, 0.3) is 0 Å². The topological polar surface area (TPSA) is 61.4 Å². The Kier molecular flexibility index (Phi) is 5.65. The molecule has 3 aromatic rings. The van der Waals surface area contributed by atoms with E-state index in [-0.39, 0.29) is 11.7 Å². The lowest BCUT2D eigenvalue weighted by atomic mass is 10.2. The zero-order valence-electron chi connectivity index (χ0n) is 16.0. The number of carbonyl (C=O) groups excluding carboxylic acids is 1. The first-order valence-electron chi connectivity index (χ1n) is 9.59. The Balaban J connectivity index is 1.32. The van der Waals surface area contributed by atoms with E-state index in [0.717, 1.165) is 5.56 Å². The number of hydrogen-bond acceptors (Lipinski definition) is 5. The Labute approximate surface area is 169 Å². The Morgan fingerprint density at radius 2 is 1.52 bits per heavy atom. The molecule has 1 aromatic heterocycles. The molecular formula is C22H22FN5O. The Hall–Kier alpha value is -3.48. The summed E-state index contributed by atoms with van der Waals surface area (Å²) >= 11 is 0. The fourth-order valence-electron chi connectivity index (χ4n) is 3.34. The molecule has 1 aliphatic heterocycles. The summed E-state index contributed by atoms with van der Waals surface area (Å²) in [6.07, 6.45) is 3.10. The molecule has 1 N–H and O–H groups in total. The predicted molar refractivity (Wildman–Crippen MR) is 110 cm³/mol. The summed E-state index contributed by atoms with van der Waals surface area (Å²) in [5.74, 6) is 0.172. The van der Waals surface area contributed by atoms with Crippen LogP contribution < -0.4 is 15.1 Å². The monoisotopic (exact) mass is 391 g/mol. The van der Waals surface area contributed by atoms with E-state index in [0.29, 0.717) is 49.9 Å². The number of nitrogens with zero attached hydrogens (tertiary/aromatic N) is 4. The molecule has 7 heteroatoms. The molecule has 0 atom stereocenters. The van der Waals surface area contributed by atoms with Gasteiger partial charge >= 0.3 is 0 Å². The van der Waals surface area contributed by atoms with Gasteiger partial charge in [0.15, 0.2) is 0 Å². The van der Waals surface area contributed by atoms with Crippen LogP contribution in [0, 0.1) is 5.82 Å². The summed E-state index contributed by atoms with van der Waals surface area (Å²) in [6, 6.07) is 16.5. The minimum atomic E-state index is -0.205. The quantitative estimate of drug-likeness (QED) is 0.725. The minimum absolute atomic E-state index is 0.204. The molecule has 6 nitrogen and oxygen atoms in total. The van der Waals surface area contributed by atoms with Crippen molar-refractivity contribution < 1.29 is 9.18 Å². The third kappa shape index (κ3) is 4.51. The highest BCUT2D eigenvalue weighted by atomic mass is 19.1. The largest absolute Gasteiger partial charge is 0.366 e. The molecule has 0 saturated carbocycles. The number of carbonyl (C=O) groups is 1. The van der Waals surface area contributed by atoms with Crippen LogP contribution in [-0.4, -0.2) is 42.1 Å². The summed E-state index contributed by atoms with van der Waals surface area (Å²) in [4.78, 5) is 25.1. The number of nitrogens with one attached hydrogen (secondary N) is 1. The first kappa shape index (κ1) is 18.9. The number of halogens is 1. The first-order chi connectivity index (χ1) is 14.2. The molecule has 1 amide bonds. The second-order valence-electron chi connectivity index (χ2n) is 6.87. The van der Waals surface area contributed by atoms with Gasteiger partial charge in [-0.2, -0.15) is 0 Å². The van der Waals surface area contributed by atoms with Gasteiger partial charge in [0, 0.05) is 45.1 Å². The van der Waals surface area contributed by atoms with Crippen LogP contribution in [0.5, 0.6) is 0 Å². The molecule has 2 heterocycles. The van der Waals surface area contributed by atoms with Crippen LogP contribution in [0.2, 0.25) is 0 Å². The standard InChI is InChI=1S/C22H22FN5O/c23-19-8-4-5-9-20(19)27-10-12-28(13-11-27)22-25-15-18(16-26-22)21(29)24-14-17-6-2-1-3-7-17/h1-9,15-16H,10-14H2,(H,24,29). The van der Waals surface area contributed by atoms with Crippen molar-refractivity contribution in [3.05, 3.63) is 83.9 Å². The maximum absolute atomic E-state index is 14.0. The molecular weight excluding hydrogens is 369 g/mol. The number of anilines is 2. The van der Waals surface area contributed by atoms with E-state index in [1.54, 1.807) is 24.5 Å². The second-order valence-corrected chi connectivity index (χ2v) is 6.87. The highest BCUT2D eigenvalue weighted by Crippen LogP contribution is 2.21. The molecule has 0 radical (unpaired) electrons. The molecule has 0 unspecified atom stereocenters. The number of benzene rings is 2. The van der Waals surface area contributed by atoms with Crippen molar-refractivity contribution in [3.8, 4) is 0 Å². The van der Waals surface area contributed by atoms with Crippen LogP contribution >= 0.6 is 0 Å². The van der Waals surface area contributed by atoms with Crippen molar-refractivity contribution in [1.29, 1.82) is 0 Å². The third-order valence-corrected chi connectivity index (χ3v) is 4.95. The van der Waals surface area contributed by atoms with Crippen molar-refractivity contribution in [2.75, 3.05) is 36.0 Å². The smallest absolute Gasteiger partial charge is 0.254 e. The first-order valence-corrected chi connectivity index (χ1v) is 9.59. The van der Waals surface area contributed by atoms with Crippen molar-refractivity contribution in [1.82, 2.24) is 15.3 Å². The van der Waals surface area contributed by atoms with E-state index in [2.05, 4.69) is 15.3 Å². The molecule has 1 fully saturated rings. The minimum Gasteiger partial charge on any atom is -0.366 e. The Morgan fingerprint density at radius 1 is 0.897 bits per heavy atom. The highest BCUT2D eigenvalue weighted by Gasteiger charge is 2.21. The summed E-state index contributed by atoms with van der Waals surface area (Å²) in [5.41, 5.74) is 2.08. The fraction of sp³-hybridized carbons (Fsp3) is 0.227.